The van der Waals surface area contributed by atoms with Gasteiger partial charge in [0.25, 0.3) is 0 Å². The molecule has 1 aliphatic rings. The third-order valence-corrected chi connectivity index (χ3v) is 2.25. The normalized spacial score (nSPS) is 38.6. The van der Waals surface area contributed by atoms with Crippen molar-refractivity contribution in [3.8, 4) is 0 Å². The Hall–Kier alpha value is -0.490. The molecule has 3 N–H and O–H groups in total. The molecular weight excluding hydrogens is 186 g/mol. The second-order valence-electron chi connectivity index (χ2n) is 4.11. The van der Waals surface area contributed by atoms with Crippen LogP contribution in [0.4, 0.5) is 0 Å². The highest BCUT2D eigenvalue weighted by Gasteiger charge is 2.42. The summed E-state index contributed by atoms with van der Waals surface area (Å²) in [4.78, 5) is 10.6. The minimum Gasteiger partial charge on any atom is -0.366 e. The van der Waals surface area contributed by atoms with Crippen LogP contribution < -0.4 is 5.73 Å². The molecule has 1 rings (SSSR count). The largest absolute Gasteiger partial charge is 0.366 e. The molecule has 0 aliphatic carbocycles. The molecule has 1 saturated heterocycles. The second-order valence-corrected chi connectivity index (χ2v) is 4.11. The fraction of sp³-hybridized carbons (Fsp3) is 0.889. The lowest BCUT2D eigenvalue weighted by Crippen LogP contribution is -2.37. The van der Waals surface area contributed by atoms with Gasteiger partial charge in [-0.1, -0.05) is 6.92 Å². The molecule has 0 unspecified atom stereocenters. The fourth-order valence-electron chi connectivity index (χ4n) is 1.39. The third-order valence-electron chi connectivity index (χ3n) is 2.25. The first-order chi connectivity index (χ1) is 6.35. The molecule has 0 aromatic carbocycles. The zero-order valence-electron chi connectivity index (χ0n) is 8.64. The van der Waals surface area contributed by atoms with Crippen molar-refractivity contribution in [1.29, 1.82) is 0 Å². The van der Waals surface area contributed by atoms with Crippen molar-refractivity contribution < 1.29 is 19.4 Å². The average Bonchev–Trinajstić information content (AvgIpc) is 2.30. The van der Waals surface area contributed by atoms with E-state index in [1.807, 2.05) is 6.92 Å². The molecule has 0 aromatic rings. The Morgan fingerprint density at radius 3 is 2.50 bits per heavy atom. The lowest BCUT2D eigenvalue weighted by Gasteiger charge is -2.25. The first-order valence-electron chi connectivity index (χ1n) is 4.61. The molecule has 0 bridgehead atoms. The van der Waals surface area contributed by atoms with Crippen LogP contribution in [0, 0.1) is 5.92 Å². The topological polar surface area (TPSA) is 81.8 Å². The number of carbonyl (C=O) groups excluding carboxylic acids is 1. The minimum absolute atomic E-state index is 0.114. The lowest BCUT2D eigenvalue weighted by molar-refractivity contribution is -0.275. The van der Waals surface area contributed by atoms with Gasteiger partial charge in [0.1, 0.15) is 6.10 Å². The van der Waals surface area contributed by atoms with Crippen LogP contribution in [-0.4, -0.2) is 35.6 Å². The number of hydrogen-bond donors (Lipinski definition) is 2. The second kappa shape index (κ2) is 3.94. The molecule has 4 atom stereocenters. The van der Waals surface area contributed by atoms with Crippen molar-refractivity contribution in [3.05, 3.63) is 0 Å². The van der Waals surface area contributed by atoms with E-state index >= 15 is 0 Å². The predicted molar refractivity (Wildman–Crippen MR) is 49.2 cm³/mol. The molecule has 0 spiro atoms. The maximum Gasteiger partial charge on any atom is 0.166 e. The zero-order chi connectivity index (χ0) is 10.9. The van der Waals surface area contributed by atoms with Gasteiger partial charge in [0, 0.05) is 12.0 Å². The molecule has 1 fully saturated rings. The Morgan fingerprint density at radius 2 is 2.14 bits per heavy atom. The summed E-state index contributed by atoms with van der Waals surface area (Å²) in [6.45, 7) is 4.83. The number of rotatable bonds is 3. The molecule has 0 saturated carbocycles. The SMILES string of the molecule is C[C@H]1[C@@H](OC(C)(C)O)O[C@H](C=O)[C@@H]1N. The van der Waals surface area contributed by atoms with Crippen molar-refractivity contribution >= 4 is 6.29 Å². The van der Waals surface area contributed by atoms with E-state index in [1.165, 1.54) is 13.8 Å². The van der Waals surface area contributed by atoms with Gasteiger partial charge in [-0.15, -0.1) is 0 Å². The van der Waals surface area contributed by atoms with E-state index in [0.717, 1.165) is 0 Å². The summed E-state index contributed by atoms with van der Waals surface area (Å²) in [5.41, 5.74) is 5.72. The van der Waals surface area contributed by atoms with E-state index in [0.29, 0.717) is 6.29 Å². The highest BCUT2D eigenvalue weighted by Crippen LogP contribution is 2.27. The summed E-state index contributed by atoms with van der Waals surface area (Å²) in [5.74, 6) is -1.40. The van der Waals surface area contributed by atoms with Gasteiger partial charge in [0.05, 0.1) is 0 Å². The molecule has 1 heterocycles. The summed E-state index contributed by atoms with van der Waals surface area (Å²) in [7, 11) is 0. The summed E-state index contributed by atoms with van der Waals surface area (Å²) in [6, 6.07) is -0.375. The van der Waals surface area contributed by atoms with Gasteiger partial charge in [-0.25, -0.2) is 0 Å². The van der Waals surface area contributed by atoms with E-state index in [1.54, 1.807) is 0 Å². The first kappa shape index (κ1) is 11.6. The Labute approximate surface area is 83.2 Å². The number of hydrogen-bond acceptors (Lipinski definition) is 5. The van der Waals surface area contributed by atoms with Crippen molar-refractivity contribution in [2.45, 2.75) is 45.0 Å². The minimum atomic E-state index is -1.28. The Morgan fingerprint density at radius 1 is 1.57 bits per heavy atom. The van der Waals surface area contributed by atoms with Crippen LogP contribution in [0.2, 0.25) is 0 Å². The fourth-order valence-corrected chi connectivity index (χ4v) is 1.39. The number of aliphatic hydroxyl groups is 1. The Kier molecular flexibility index (Phi) is 3.26. The van der Waals surface area contributed by atoms with Crippen molar-refractivity contribution in [2.75, 3.05) is 0 Å². The monoisotopic (exact) mass is 203 g/mol. The standard InChI is InChI=1S/C9H17NO4/c1-5-7(10)6(4-11)13-8(5)14-9(2,3)12/h4-8,12H,10H2,1-3H3/t5-,6-,7-,8-/m1/s1. The summed E-state index contributed by atoms with van der Waals surface area (Å²) < 4.78 is 10.4. The number of ether oxygens (including phenoxy) is 2. The van der Waals surface area contributed by atoms with Gasteiger partial charge in [-0.05, 0) is 13.8 Å². The molecule has 14 heavy (non-hydrogen) atoms. The van der Waals surface area contributed by atoms with Gasteiger partial charge in [0.15, 0.2) is 18.4 Å². The quantitative estimate of drug-likeness (QED) is 0.482. The molecule has 0 aromatic heterocycles. The summed E-state index contributed by atoms with van der Waals surface area (Å²) in [5, 5.41) is 9.41. The van der Waals surface area contributed by atoms with Gasteiger partial charge in [0.2, 0.25) is 0 Å². The van der Waals surface area contributed by atoms with Crippen molar-refractivity contribution in [2.24, 2.45) is 11.7 Å². The van der Waals surface area contributed by atoms with Crippen LogP contribution in [0.25, 0.3) is 0 Å². The zero-order valence-corrected chi connectivity index (χ0v) is 8.64. The maximum absolute atomic E-state index is 10.6. The van der Waals surface area contributed by atoms with Gasteiger partial charge in [-0.3, -0.25) is 0 Å². The van der Waals surface area contributed by atoms with E-state index < -0.39 is 18.2 Å². The van der Waals surface area contributed by atoms with Crippen LogP contribution in [0.1, 0.15) is 20.8 Å². The predicted octanol–water partition coefficient (Wildman–Crippen LogP) is -0.381. The number of nitrogens with two attached hydrogens (primary N) is 1. The van der Waals surface area contributed by atoms with Crippen LogP contribution in [-0.2, 0) is 14.3 Å². The van der Waals surface area contributed by atoms with E-state index in [2.05, 4.69) is 0 Å². The lowest BCUT2D eigenvalue weighted by atomic mass is 10.0. The molecule has 1 aliphatic heterocycles. The van der Waals surface area contributed by atoms with E-state index in [4.69, 9.17) is 15.2 Å². The molecule has 0 amide bonds. The molecule has 5 nitrogen and oxygen atoms in total. The Balaban J connectivity index is 2.61. The van der Waals surface area contributed by atoms with Crippen LogP contribution in [0.15, 0.2) is 0 Å². The Bertz CT molecular complexity index is 213. The van der Waals surface area contributed by atoms with Crippen LogP contribution >= 0.6 is 0 Å². The van der Waals surface area contributed by atoms with Gasteiger partial charge < -0.3 is 25.1 Å². The van der Waals surface area contributed by atoms with Crippen LogP contribution in [0.3, 0.4) is 0 Å². The summed E-state index contributed by atoms with van der Waals surface area (Å²) in [6.07, 6.45) is -0.605. The molecular formula is C9H17NO4. The third kappa shape index (κ3) is 2.51. The maximum atomic E-state index is 10.6. The first-order valence-corrected chi connectivity index (χ1v) is 4.61. The van der Waals surface area contributed by atoms with Crippen molar-refractivity contribution in [3.63, 3.8) is 0 Å². The number of aldehydes is 1. The van der Waals surface area contributed by atoms with E-state index in [-0.39, 0.29) is 12.0 Å². The van der Waals surface area contributed by atoms with E-state index in [9.17, 15) is 9.90 Å². The molecule has 5 heteroatoms. The van der Waals surface area contributed by atoms with Crippen LogP contribution in [0.5, 0.6) is 0 Å². The smallest absolute Gasteiger partial charge is 0.166 e. The average molecular weight is 203 g/mol. The summed E-state index contributed by atoms with van der Waals surface area (Å²) >= 11 is 0. The highest BCUT2D eigenvalue weighted by molar-refractivity contribution is 5.58. The number of carbonyl (C=O) groups is 1. The van der Waals surface area contributed by atoms with Gasteiger partial charge >= 0.3 is 0 Å². The molecule has 82 valence electrons. The van der Waals surface area contributed by atoms with Crippen molar-refractivity contribution in [1.82, 2.24) is 0 Å². The highest BCUT2D eigenvalue weighted by atomic mass is 16.7. The molecule has 0 radical (unpaired) electrons. The van der Waals surface area contributed by atoms with Gasteiger partial charge in [-0.2, -0.15) is 0 Å².